The fraction of sp³-hybridized carbons (Fsp3) is 0.533. The number of hydrogen-bond donors (Lipinski definition) is 1. The Morgan fingerprint density at radius 2 is 2.12 bits per heavy atom. The van der Waals surface area contributed by atoms with E-state index in [0.29, 0.717) is 17.0 Å². The van der Waals surface area contributed by atoms with Crippen molar-refractivity contribution in [1.29, 1.82) is 0 Å². The van der Waals surface area contributed by atoms with Gasteiger partial charge in [-0.05, 0) is 31.0 Å². The highest BCUT2D eigenvalue weighted by Gasteiger charge is 2.33. The van der Waals surface area contributed by atoms with Gasteiger partial charge in [0.25, 0.3) is 0 Å². The summed E-state index contributed by atoms with van der Waals surface area (Å²) in [6, 6.07) is 2.29. The number of ether oxygens (including phenoxy) is 1. The topological polar surface area (TPSA) is 75.7 Å². The summed E-state index contributed by atoms with van der Waals surface area (Å²) in [4.78, 5) is 12.1. The number of carbonyl (C=O) groups is 1. The van der Waals surface area contributed by atoms with Gasteiger partial charge in [-0.15, -0.1) is 0 Å². The van der Waals surface area contributed by atoms with Gasteiger partial charge < -0.3 is 10.1 Å². The molecule has 0 radical (unpaired) electrons. The van der Waals surface area contributed by atoms with Crippen molar-refractivity contribution in [2.75, 3.05) is 30.3 Å². The van der Waals surface area contributed by atoms with Crippen molar-refractivity contribution in [3.63, 3.8) is 0 Å². The predicted molar refractivity (Wildman–Crippen MR) is 90.6 cm³/mol. The molecule has 0 aliphatic carbocycles. The molecule has 1 amide bonds. The maximum atomic E-state index is 12.9. The van der Waals surface area contributed by atoms with E-state index in [1.807, 2.05) is 0 Å². The molecule has 1 aromatic rings. The van der Waals surface area contributed by atoms with Crippen LogP contribution in [0.5, 0.6) is 0 Å². The lowest BCUT2D eigenvalue weighted by molar-refractivity contribution is -0.137. The summed E-state index contributed by atoms with van der Waals surface area (Å²) < 4.78 is 68.7. The van der Waals surface area contributed by atoms with E-state index < -0.39 is 39.9 Å². The second-order valence-electron chi connectivity index (χ2n) is 5.87. The summed E-state index contributed by atoms with van der Waals surface area (Å²) in [6.07, 6.45) is -2.39. The highest BCUT2D eigenvalue weighted by molar-refractivity contribution is 7.92. The molecule has 1 aliphatic heterocycles. The van der Waals surface area contributed by atoms with Crippen molar-refractivity contribution in [2.45, 2.75) is 25.1 Å². The van der Waals surface area contributed by atoms with Crippen LogP contribution in [0.1, 0.15) is 18.4 Å². The van der Waals surface area contributed by atoms with Crippen LogP contribution in [0.4, 0.5) is 18.9 Å². The molecule has 6 nitrogen and oxygen atoms in total. The molecule has 1 saturated heterocycles. The molecule has 1 heterocycles. The highest BCUT2D eigenvalue weighted by Crippen LogP contribution is 2.36. The number of sulfonamides is 1. The Kier molecular flexibility index (Phi) is 6.41. The Bertz CT molecular complexity index is 765. The second kappa shape index (κ2) is 8.01. The number of amides is 1. The van der Waals surface area contributed by atoms with Crippen LogP contribution in [0.2, 0.25) is 5.02 Å². The number of benzene rings is 1. The first-order chi connectivity index (χ1) is 12.0. The molecule has 0 saturated carbocycles. The lowest BCUT2D eigenvalue weighted by atomic mass is 10.2. The molecule has 1 aliphatic rings. The van der Waals surface area contributed by atoms with E-state index in [9.17, 15) is 26.4 Å². The molecule has 0 bridgehead atoms. The third-order valence-corrected chi connectivity index (χ3v) is 5.23. The van der Waals surface area contributed by atoms with E-state index in [1.54, 1.807) is 0 Å². The normalized spacial score (nSPS) is 18.0. The summed E-state index contributed by atoms with van der Waals surface area (Å²) in [5.74, 6) is -0.667. The quantitative estimate of drug-likeness (QED) is 0.775. The van der Waals surface area contributed by atoms with Crippen molar-refractivity contribution in [3.05, 3.63) is 28.8 Å². The maximum Gasteiger partial charge on any atom is 0.416 e. The van der Waals surface area contributed by atoms with Crippen LogP contribution in [-0.2, 0) is 25.7 Å². The van der Waals surface area contributed by atoms with Gasteiger partial charge in [-0.25, -0.2) is 8.42 Å². The fourth-order valence-corrected chi connectivity index (χ4v) is 3.61. The molecule has 1 N–H and O–H groups in total. The molecule has 0 spiro atoms. The van der Waals surface area contributed by atoms with Gasteiger partial charge >= 0.3 is 6.18 Å². The molecule has 0 aromatic heterocycles. The molecule has 1 unspecified atom stereocenters. The van der Waals surface area contributed by atoms with Gasteiger partial charge in [0.15, 0.2) is 0 Å². The summed E-state index contributed by atoms with van der Waals surface area (Å²) in [5, 5.41) is 2.31. The van der Waals surface area contributed by atoms with Crippen LogP contribution in [-0.4, -0.2) is 46.4 Å². The van der Waals surface area contributed by atoms with Gasteiger partial charge in [-0.1, -0.05) is 11.6 Å². The van der Waals surface area contributed by atoms with E-state index in [0.717, 1.165) is 31.2 Å². The Morgan fingerprint density at radius 1 is 1.42 bits per heavy atom. The lowest BCUT2D eigenvalue weighted by Crippen LogP contribution is -2.42. The zero-order valence-corrected chi connectivity index (χ0v) is 15.4. The highest BCUT2D eigenvalue weighted by atomic mass is 35.5. The minimum Gasteiger partial charge on any atom is -0.376 e. The first-order valence-corrected chi connectivity index (χ1v) is 9.94. The van der Waals surface area contributed by atoms with Gasteiger partial charge in [0.2, 0.25) is 15.9 Å². The number of halogens is 4. The van der Waals surface area contributed by atoms with E-state index in [-0.39, 0.29) is 17.7 Å². The van der Waals surface area contributed by atoms with Crippen molar-refractivity contribution in [1.82, 2.24) is 5.32 Å². The summed E-state index contributed by atoms with van der Waals surface area (Å²) >= 11 is 5.89. The lowest BCUT2D eigenvalue weighted by Gasteiger charge is -2.24. The Hall–Kier alpha value is -1.52. The number of nitrogens with one attached hydrogen (secondary N) is 1. The van der Waals surface area contributed by atoms with Crippen molar-refractivity contribution in [3.8, 4) is 0 Å². The monoisotopic (exact) mass is 414 g/mol. The molecule has 26 heavy (non-hydrogen) atoms. The number of hydrogen-bond acceptors (Lipinski definition) is 4. The summed E-state index contributed by atoms with van der Waals surface area (Å²) in [5.41, 5.74) is -1.47. The fourth-order valence-electron chi connectivity index (χ4n) is 2.48. The zero-order valence-electron chi connectivity index (χ0n) is 13.8. The molecular weight excluding hydrogens is 397 g/mol. The number of anilines is 1. The molecule has 1 atom stereocenters. The van der Waals surface area contributed by atoms with E-state index in [2.05, 4.69) is 5.32 Å². The number of nitrogens with zero attached hydrogens (tertiary/aromatic N) is 1. The van der Waals surface area contributed by atoms with Crippen LogP contribution in [0, 0.1) is 0 Å². The minimum absolute atomic E-state index is 0.150. The molecule has 11 heteroatoms. The third kappa shape index (κ3) is 5.49. The third-order valence-electron chi connectivity index (χ3n) is 3.78. The Labute approximate surface area is 154 Å². The largest absolute Gasteiger partial charge is 0.416 e. The second-order valence-corrected chi connectivity index (χ2v) is 8.19. The molecule has 1 aromatic carbocycles. The SMILES string of the molecule is CS(=O)(=O)N(CC(=O)NCC1CCCO1)c1cc(C(F)(F)F)ccc1Cl. The van der Waals surface area contributed by atoms with Crippen LogP contribution in [0.15, 0.2) is 18.2 Å². The average Bonchev–Trinajstić information content (AvgIpc) is 3.02. The zero-order chi connectivity index (χ0) is 19.5. The van der Waals surface area contributed by atoms with E-state index in [4.69, 9.17) is 16.3 Å². The Morgan fingerprint density at radius 3 is 2.65 bits per heavy atom. The summed E-state index contributed by atoms with van der Waals surface area (Å²) in [7, 11) is -4.05. The first kappa shape index (κ1) is 20.8. The van der Waals surface area contributed by atoms with Gasteiger partial charge in [0, 0.05) is 13.2 Å². The summed E-state index contributed by atoms with van der Waals surface area (Å²) in [6.45, 7) is 0.106. The van der Waals surface area contributed by atoms with Gasteiger partial charge in [0.05, 0.1) is 28.6 Å². The van der Waals surface area contributed by atoms with Crippen LogP contribution >= 0.6 is 11.6 Å². The Balaban J connectivity index is 2.21. The predicted octanol–water partition coefficient (Wildman–Crippen LogP) is 2.42. The van der Waals surface area contributed by atoms with Gasteiger partial charge in [-0.3, -0.25) is 9.10 Å². The first-order valence-electron chi connectivity index (χ1n) is 7.71. The van der Waals surface area contributed by atoms with E-state index in [1.165, 1.54) is 0 Å². The maximum absolute atomic E-state index is 12.9. The van der Waals surface area contributed by atoms with Crippen molar-refractivity contribution < 1.29 is 31.1 Å². The van der Waals surface area contributed by atoms with E-state index >= 15 is 0 Å². The van der Waals surface area contributed by atoms with Crippen molar-refractivity contribution in [2.24, 2.45) is 0 Å². The molecule has 1 fully saturated rings. The average molecular weight is 415 g/mol. The minimum atomic E-state index is -4.68. The van der Waals surface area contributed by atoms with Gasteiger partial charge in [0.1, 0.15) is 6.54 Å². The van der Waals surface area contributed by atoms with Crippen LogP contribution in [0.25, 0.3) is 0 Å². The van der Waals surface area contributed by atoms with Crippen LogP contribution in [0.3, 0.4) is 0 Å². The smallest absolute Gasteiger partial charge is 0.376 e. The number of carbonyl (C=O) groups excluding carboxylic acids is 1. The van der Waals surface area contributed by atoms with Gasteiger partial charge in [-0.2, -0.15) is 13.2 Å². The van der Waals surface area contributed by atoms with Crippen LogP contribution < -0.4 is 9.62 Å². The molecular formula is C15H18ClF3N2O4S. The number of rotatable bonds is 6. The van der Waals surface area contributed by atoms with Crippen molar-refractivity contribution >= 4 is 33.2 Å². The number of alkyl halides is 3. The standard InChI is InChI=1S/C15H18ClF3N2O4S/c1-26(23,24)21(9-14(22)20-8-11-3-2-6-25-11)13-7-10(15(17,18)19)4-5-12(13)16/h4-5,7,11H,2-3,6,8-9H2,1H3,(H,20,22). The molecule has 2 rings (SSSR count). The molecule has 146 valence electrons.